The van der Waals surface area contributed by atoms with Gasteiger partial charge in [0.2, 0.25) is 5.91 Å². The van der Waals surface area contributed by atoms with Crippen molar-refractivity contribution in [2.75, 3.05) is 39.1 Å². The van der Waals surface area contributed by atoms with Crippen LogP contribution in [0.5, 0.6) is 0 Å². The zero-order chi connectivity index (χ0) is 21.2. The molecule has 1 amide bonds. The molecular formula is C23H28N2O4S. The maximum Gasteiger partial charge on any atom is 0.223 e. The number of hydrogen-bond donors (Lipinski definition) is 0. The van der Waals surface area contributed by atoms with E-state index in [4.69, 9.17) is 4.74 Å². The third-order valence-electron chi connectivity index (χ3n) is 5.90. The molecule has 2 aromatic rings. The molecule has 30 heavy (non-hydrogen) atoms. The van der Waals surface area contributed by atoms with Gasteiger partial charge in [-0.2, -0.15) is 0 Å². The van der Waals surface area contributed by atoms with Crippen LogP contribution in [-0.2, 0) is 32.5 Å². The zero-order valence-corrected chi connectivity index (χ0v) is 18.1. The van der Waals surface area contributed by atoms with Crippen LogP contribution in [0.25, 0.3) is 0 Å². The molecule has 2 aliphatic rings. The van der Waals surface area contributed by atoms with E-state index in [0.717, 1.165) is 24.2 Å². The van der Waals surface area contributed by atoms with Gasteiger partial charge in [0.05, 0.1) is 18.1 Å². The summed E-state index contributed by atoms with van der Waals surface area (Å²) >= 11 is 0. The van der Waals surface area contributed by atoms with Gasteiger partial charge < -0.3 is 9.64 Å². The van der Waals surface area contributed by atoms with Crippen molar-refractivity contribution in [3.63, 3.8) is 0 Å². The maximum absolute atomic E-state index is 12.8. The molecule has 0 radical (unpaired) electrons. The first-order valence-corrected chi connectivity index (χ1v) is 12.1. The van der Waals surface area contributed by atoms with E-state index in [-0.39, 0.29) is 11.3 Å². The minimum Gasteiger partial charge on any atom is -0.379 e. The number of rotatable bonds is 5. The minimum absolute atomic E-state index is 0.182. The number of carbonyl (C=O) groups excluding carboxylic acids is 1. The summed E-state index contributed by atoms with van der Waals surface area (Å²) in [6, 6.07) is 17.1. The Hall–Kier alpha value is -2.22. The Balaban J connectivity index is 1.44. The molecular weight excluding hydrogens is 400 g/mol. The fourth-order valence-electron chi connectivity index (χ4n) is 4.45. The van der Waals surface area contributed by atoms with E-state index >= 15 is 0 Å². The molecule has 2 aliphatic heterocycles. The molecule has 0 bridgehead atoms. The van der Waals surface area contributed by atoms with E-state index in [1.165, 1.54) is 6.26 Å². The highest BCUT2D eigenvalue weighted by Gasteiger charge is 2.45. The van der Waals surface area contributed by atoms with Crippen LogP contribution in [0, 0.1) is 5.41 Å². The number of nitrogens with zero attached hydrogens (tertiary/aromatic N) is 2. The van der Waals surface area contributed by atoms with Crippen molar-refractivity contribution in [1.29, 1.82) is 0 Å². The average molecular weight is 429 g/mol. The van der Waals surface area contributed by atoms with Crippen LogP contribution in [0.4, 0.5) is 0 Å². The monoisotopic (exact) mass is 428 g/mol. The lowest BCUT2D eigenvalue weighted by molar-refractivity contribution is -0.128. The SMILES string of the molecule is CS(=O)(=O)c1ccc(CN2CCOC[C@@]3(CC(=O)N(Cc4ccccc4)C3)C2)cc1. The first-order chi connectivity index (χ1) is 14.3. The third-order valence-corrected chi connectivity index (χ3v) is 7.03. The summed E-state index contributed by atoms with van der Waals surface area (Å²) in [6.07, 6.45) is 1.72. The van der Waals surface area contributed by atoms with Crippen LogP contribution in [0.3, 0.4) is 0 Å². The van der Waals surface area contributed by atoms with Crippen molar-refractivity contribution >= 4 is 15.7 Å². The predicted molar refractivity (Wildman–Crippen MR) is 115 cm³/mol. The summed E-state index contributed by atoms with van der Waals surface area (Å²) in [5.41, 5.74) is 2.00. The first-order valence-electron chi connectivity index (χ1n) is 10.2. The lowest BCUT2D eigenvalue weighted by Gasteiger charge is -2.31. The average Bonchev–Trinajstić information content (AvgIpc) is 2.87. The highest BCUT2D eigenvalue weighted by Crippen LogP contribution is 2.35. The largest absolute Gasteiger partial charge is 0.379 e. The van der Waals surface area contributed by atoms with Crippen molar-refractivity contribution in [1.82, 2.24) is 9.80 Å². The van der Waals surface area contributed by atoms with Gasteiger partial charge in [0.25, 0.3) is 0 Å². The Morgan fingerprint density at radius 1 is 0.967 bits per heavy atom. The summed E-state index contributed by atoms with van der Waals surface area (Å²) in [4.78, 5) is 17.4. The lowest BCUT2D eigenvalue weighted by atomic mass is 9.87. The fourth-order valence-corrected chi connectivity index (χ4v) is 5.08. The van der Waals surface area contributed by atoms with Crippen molar-refractivity contribution < 1.29 is 17.9 Å². The highest BCUT2D eigenvalue weighted by molar-refractivity contribution is 7.90. The number of ether oxygens (including phenoxy) is 1. The number of amides is 1. The smallest absolute Gasteiger partial charge is 0.223 e. The molecule has 0 unspecified atom stereocenters. The first kappa shape index (κ1) is 21.0. The van der Waals surface area contributed by atoms with Gasteiger partial charge in [-0.15, -0.1) is 0 Å². The summed E-state index contributed by atoms with van der Waals surface area (Å²) in [5.74, 6) is 0.182. The van der Waals surface area contributed by atoms with Gasteiger partial charge in [0.1, 0.15) is 0 Å². The molecule has 1 spiro atoms. The van der Waals surface area contributed by atoms with Gasteiger partial charge in [0.15, 0.2) is 9.84 Å². The summed E-state index contributed by atoms with van der Waals surface area (Å²) < 4.78 is 29.3. The second kappa shape index (κ2) is 8.49. The molecule has 2 saturated heterocycles. The third kappa shape index (κ3) is 4.91. The Kier molecular flexibility index (Phi) is 5.95. The fraction of sp³-hybridized carbons (Fsp3) is 0.435. The quantitative estimate of drug-likeness (QED) is 0.731. The normalized spacial score (nSPS) is 23.1. The molecule has 7 heteroatoms. The number of sulfone groups is 1. The van der Waals surface area contributed by atoms with E-state index in [9.17, 15) is 13.2 Å². The van der Waals surface area contributed by atoms with Crippen molar-refractivity contribution in [2.24, 2.45) is 5.41 Å². The molecule has 0 saturated carbocycles. The number of hydrogen-bond acceptors (Lipinski definition) is 5. The van der Waals surface area contributed by atoms with Crippen molar-refractivity contribution in [2.45, 2.75) is 24.4 Å². The molecule has 0 aliphatic carbocycles. The van der Waals surface area contributed by atoms with Crippen molar-refractivity contribution in [3.05, 3.63) is 65.7 Å². The second-order valence-electron chi connectivity index (χ2n) is 8.59. The van der Waals surface area contributed by atoms with Crippen LogP contribution in [0.2, 0.25) is 0 Å². The van der Waals surface area contributed by atoms with Crippen molar-refractivity contribution in [3.8, 4) is 0 Å². The molecule has 160 valence electrons. The van der Waals surface area contributed by atoms with Crippen LogP contribution in [0.15, 0.2) is 59.5 Å². The molecule has 2 heterocycles. The summed E-state index contributed by atoms with van der Waals surface area (Å²) in [6.45, 7) is 4.85. The molecule has 1 atom stereocenters. The van der Waals surface area contributed by atoms with Gasteiger partial charge in [-0.3, -0.25) is 9.69 Å². The number of carbonyl (C=O) groups is 1. The van der Waals surface area contributed by atoms with Crippen LogP contribution < -0.4 is 0 Å². The zero-order valence-electron chi connectivity index (χ0n) is 17.3. The van der Waals surface area contributed by atoms with E-state index in [1.54, 1.807) is 12.1 Å². The second-order valence-corrected chi connectivity index (χ2v) is 10.6. The predicted octanol–water partition coefficient (Wildman–Crippen LogP) is 2.34. The topological polar surface area (TPSA) is 66.9 Å². The molecule has 4 rings (SSSR count). The molecule has 0 N–H and O–H groups in total. The van der Waals surface area contributed by atoms with E-state index < -0.39 is 9.84 Å². The van der Waals surface area contributed by atoms with Crippen LogP contribution in [0.1, 0.15) is 17.5 Å². The minimum atomic E-state index is -3.19. The summed E-state index contributed by atoms with van der Waals surface area (Å²) in [5, 5.41) is 0. The van der Waals surface area contributed by atoms with Gasteiger partial charge in [-0.1, -0.05) is 42.5 Å². The Labute approximate surface area is 178 Å². The molecule has 2 fully saturated rings. The maximum atomic E-state index is 12.8. The van der Waals surface area contributed by atoms with Gasteiger partial charge in [-0.05, 0) is 23.3 Å². The van der Waals surface area contributed by atoms with E-state index in [2.05, 4.69) is 4.90 Å². The highest BCUT2D eigenvalue weighted by atomic mass is 32.2. The standard InChI is InChI=1S/C23H28N2O4S/c1-30(27,28)21-9-7-20(8-10-21)14-24-11-12-29-18-23(16-24)13-22(26)25(17-23)15-19-5-3-2-4-6-19/h2-10H,11-18H2,1H3/t23-/m0/s1. The van der Waals surface area contributed by atoms with Gasteiger partial charge >= 0.3 is 0 Å². The molecule has 6 nitrogen and oxygen atoms in total. The number of benzene rings is 2. The lowest BCUT2D eigenvalue weighted by Crippen LogP contribution is -2.40. The summed E-state index contributed by atoms with van der Waals surface area (Å²) in [7, 11) is -3.19. The Morgan fingerprint density at radius 2 is 1.67 bits per heavy atom. The van der Waals surface area contributed by atoms with Gasteiger partial charge in [0, 0.05) is 50.8 Å². The van der Waals surface area contributed by atoms with E-state index in [0.29, 0.717) is 44.2 Å². The van der Waals surface area contributed by atoms with E-state index in [1.807, 2.05) is 47.4 Å². The Bertz CT molecular complexity index is 992. The Morgan fingerprint density at radius 3 is 2.37 bits per heavy atom. The number of likely N-dealkylation sites (tertiary alicyclic amines) is 1. The van der Waals surface area contributed by atoms with Gasteiger partial charge in [-0.25, -0.2) is 8.42 Å². The molecule has 2 aromatic carbocycles. The van der Waals surface area contributed by atoms with Crippen LogP contribution in [-0.4, -0.2) is 63.2 Å². The molecule has 0 aromatic heterocycles. The van der Waals surface area contributed by atoms with Crippen LogP contribution >= 0.6 is 0 Å².